The molecule has 2 amide bonds. The normalized spacial score (nSPS) is 15.7. The molecule has 1 aliphatic heterocycles. The van der Waals surface area contributed by atoms with Crippen LogP contribution >= 0.6 is 0 Å². The van der Waals surface area contributed by atoms with E-state index in [4.69, 9.17) is 23.7 Å². The van der Waals surface area contributed by atoms with Gasteiger partial charge in [0.15, 0.2) is 0 Å². The molecule has 9 heteroatoms. The molecule has 1 atom stereocenters. The van der Waals surface area contributed by atoms with Crippen molar-refractivity contribution in [2.45, 2.75) is 33.2 Å². The average molecular weight is 493 g/mol. The number of rotatable bonds is 11. The van der Waals surface area contributed by atoms with Crippen molar-refractivity contribution >= 4 is 11.6 Å². The lowest BCUT2D eigenvalue weighted by molar-refractivity contribution is 0.174. The van der Waals surface area contributed by atoms with E-state index in [2.05, 4.69) is 10.5 Å². The zero-order valence-electron chi connectivity index (χ0n) is 21.1. The summed E-state index contributed by atoms with van der Waals surface area (Å²) in [4.78, 5) is 19.5. The Hall–Kier alpha value is -3.85. The van der Waals surface area contributed by atoms with Crippen molar-refractivity contribution in [3.05, 3.63) is 65.7 Å². The van der Waals surface area contributed by atoms with Crippen LogP contribution in [0, 0.1) is 0 Å². The predicted octanol–water partition coefficient (Wildman–Crippen LogP) is 5.07. The van der Waals surface area contributed by atoms with E-state index in [1.54, 1.807) is 12.0 Å². The van der Waals surface area contributed by atoms with E-state index in [0.717, 1.165) is 33.9 Å². The lowest BCUT2D eigenvalue weighted by atomic mass is 9.94. The number of hydrogen-bond donors (Lipinski definition) is 1. The Balaban J connectivity index is 1.71. The van der Waals surface area contributed by atoms with Crippen LogP contribution in [0.4, 0.5) is 4.79 Å². The van der Waals surface area contributed by atoms with Crippen molar-refractivity contribution in [2.75, 3.05) is 33.5 Å². The highest BCUT2D eigenvalue weighted by atomic mass is 16.5. The summed E-state index contributed by atoms with van der Waals surface area (Å²) in [5, 5.41) is 7.34. The number of nitrogens with one attached hydrogen (secondary N) is 1. The molecular weight excluding hydrogens is 460 g/mol. The van der Waals surface area contributed by atoms with E-state index in [1.807, 2.05) is 69.3 Å². The molecule has 0 fully saturated rings. The van der Waals surface area contributed by atoms with Crippen LogP contribution in [0.5, 0.6) is 11.5 Å². The monoisotopic (exact) mass is 492 g/mol. The van der Waals surface area contributed by atoms with E-state index in [1.165, 1.54) is 0 Å². The molecule has 1 unspecified atom stereocenters. The molecule has 0 saturated carbocycles. The second kappa shape index (κ2) is 11.7. The molecule has 3 aromatic rings. The molecular formula is C27H32N4O5. The predicted molar refractivity (Wildman–Crippen MR) is 136 cm³/mol. The molecule has 1 N–H and O–H groups in total. The van der Waals surface area contributed by atoms with Gasteiger partial charge in [0.25, 0.3) is 5.89 Å². The molecule has 36 heavy (non-hydrogen) atoms. The molecule has 0 aliphatic carbocycles. The number of ether oxygens (including phenoxy) is 3. The summed E-state index contributed by atoms with van der Waals surface area (Å²) in [6.07, 6.45) is 0.698. The molecule has 4 rings (SSSR count). The van der Waals surface area contributed by atoms with Gasteiger partial charge in [-0.05, 0) is 69.2 Å². The van der Waals surface area contributed by atoms with Crippen LogP contribution in [-0.4, -0.2) is 54.5 Å². The van der Waals surface area contributed by atoms with Crippen LogP contribution in [0.15, 0.2) is 58.8 Å². The first-order valence-corrected chi connectivity index (χ1v) is 12.1. The molecule has 0 radical (unpaired) electrons. The third-order valence-electron chi connectivity index (χ3n) is 5.93. The maximum absolute atomic E-state index is 13.1. The molecule has 1 aliphatic rings. The van der Waals surface area contributed by atoms with Crippen LogP contribution in [-0.2, 0) is 4.74 Å². The number of carbonyl (C=O) groups excluding carboxylic acids is 1. The number of hydrogen-bond acceptors (Lipinski definition) is 7. The highest BCUT2D eigenvalue weighted by Gasteiger charge is 2.35. The van der Waals surface area contributed by atoms with Gasteiger partial charge in [-0.2, -0.15) is 4.98 Å². The van der Waals surface area contributed by atoms with Crippen LogP contribution in [0.2, 0.25) is 0 Å². The lowest BCUT2D eigenvalue weighted by Crippen LogP contribution is -2.46. The first kappa shape index (κ1) is 25.2. The Morgan fingerprint density at radius 2 is 1.64 bits per heavy atom. The summed E-state index contributed by atoms with van der Waals surface area (Å²) in [7, 11) is 1.65. The number of carbonyl (C=O) groups is 1. The van der Waals surface area contributed by atoms with Gasteiger partial charge in [0.05, 0.1) is 24.8 Å². The van der Waals surface area contributed by atoms with Gasteiger partial charge < -0.3 is 24.1 Å². The van der Waals surface area contributed by atoms with Crippen LogP contribution < -0.4 is 14.8 Å². The summed E-state index contributed by atoms with van der Waals surface area (Å²) < 4.78 is 22.0. The maximum Gasteiger partial charge on any atom is 0.322 e. The van der Waals surface area contributed by atoms with E-state index < -0.39 is 6.04 Å². The first-order valence-electron chi connectivity index (χ1n) is 12.1. The standard InChI is InChI=1S/C27H32N4O5/c1-5-34-21-12-8-19(9-13-21)24-23(18(3)31(27(32)28-24)16-7-17-33-4)26-29-25(30-36-26)20-10-14-22(15-11-20)35-6-2/h8-15,24H,5-7,16-17H2,1-4H3,(H,28,32). The number of allylic oxidation sites excluding steroid dienone is 1. The fourth-order valence-electron chi connectivity index (χ4n) is 4.18. The SMILES string of the molecule is CCOc1ccc(-c2noc(C3=C(C)N(CCCOC)C(=O)NC3c3ccc(OCC)cc3)n2)cc1. The van der Waals surface area contributed by atoms with Crippen molar-refractivity contribution in [3.8, 4) is 22.9 Å². The Morgan fingerprint density at radius 3 is 2.25 bits per heavy atom. The Bertz CT molecular complexity index is 1190. The highest BCUT2D eigenvalue weighted by Crippen LogP contribution is 2.38. The zero-order valence-corrected chi connectivity index (χ0v) is 21.1. The molecule has 190 valence electrons. The van der Waals surface area contributed by atoms with E-state index in [0.29, 0.717) is 44.5 Å². The number of aromatic nitrogens is 2. The quantitative estimate of drug-likeness (QED) is 0.373. The van der Waals surface area contributed by atoms with Gasteiger partial charge in [-0.15, -0.1) is 0 Å². The minimum atomic E-state index is -0.458. The summed E-state index contributed by atoms with van der Waals surface area (Å²) in [6, 6.07) is 14.6. The highest BCUT2D eigenvalue weighted by molar-refractivity contribution is 5.86. The second-order valence-corrected chi connectivity index (χ2v) is 8.26. The summed E-state index contributed by atoms with van der Waals surface area (Å²) in [5.74, 6) is 2.36. The fourth-order valence-corrected chi connectivity index (χ4v) is 4.18. The summed E-state index contributed by atoms with van der Waals surface area (Å²) in [6.45, 7) is 8.02. The zero-order chi connectivity index (χ0) is 25.5. The van der Waals surface area contributed by atoms with E-state index >= 15 is 0 Å². The van der Waals surface area contributed by atoms with E-state index in [9.17, 15) is 4.79 Å². The smallest absolute Gasteiger partial charge is 0.322 e. The maximum atomic E-state index is 13.1. The Kier molecular flexibility index (Phi) is 8.22. The van der Waals surface area contributed by atoms with Gasteiger partial charge in [-0.3, -0.25) is 4.90 Å². The number of urea groups is 1. The van der Waals surface area contributed by atoms with Crippen LogP contribution in [0.25, 0.3) is 17.0 Å². The topological polar surface area (TPSA) is 99.0 Å². The molecule has 0 bridgehead atoms. The van der Waals surface area contributed by atoms with Gasteiger partial charge in [-0.1, -0.05) is 17.3 Å². The average Bonchev–Trinajstić information content (AvgIpc) is 3.37. The lowest BCUT2D eigenvalue weighted by Gasteiger charge is -2.35. The number of methoxy groups -OCH3 is 1. The number of amides is 2. The van der Waals surface area contributed by atoms with Gasteiger partial charge in [0.1, 0.15) is 11.5 Å². The number of nitrogens with zero attached hydrogens (tertiary/aromatic N) is 3. The summed E-state index contributed by atoms with van der Waals surface area (Å²) >= 11 is 0. The minimum absolute atomic E-state index is 0.183. The van der Waals surface area contributed by atoms with Crippen molar-refractivity contribution in [1.29, 1.82) is 0 Å². The molecule has 1 aromatic heterocycles. The minimum Gasteiger partial charge on any atom is -0.494 e. The van der Waals surface area contributed by atoms with Gasteiger partial charge in [0, 0.05) is 31.5 Å². The third kappa shape index (κ3) is 5.52. The van der Waals surface area contributed by atoms with Crippen molar-refractivity contribution in [3.63, 3.8) is 0 Å². The largest absolute Gasteiger partial charge is 0.494 e. The van der Waals surface area contributed by atoms with Gasteiger partial charge >= 0.3 is 6.03 Å². The Labute approximate surface area is 211 Å². The molecule has 2 heterocycles. The first-order chi connectivity index (χ1) is 17.5. The molecule has 2 aromatic carbocycles. The van der Waals surface area contributed by atoms with E-state index in [-0.39, 0.29) is 6.03 Å². The second-order valence-electron chi connectivity index (χ2n) is 8.26. The fraction of sp³-hybridized carbons (Fsp3) is 0.370. The van der Waals surface area contributed by atoms with Crippen LogP contribution in [0.1, 0.15) is 44.7 Å². The third-order valence-corrected chi connectivity index (χ3v) is 5.93. The van der Waals surface area contributed by atoms with Gasteiger partial charge in [0.2, 0.25) is 5.82 Å². The summed E-state index contributed by atoms with van der Waals surface area (Å²) in [5.41, 5.74) is 3.20. The van der Waals surface area contributed by atoms with Crippen molar-refractivity contribution in [2.24, 2.45) is 0 Å². The van der Waals surface area contributed by atoms with Crippen molar-refractivity contribution < 1.29 is 23.5 Å². The van der Waals surface area contributed by atoms with Gasteiger partial charge in [-0.25, -0.2) is 4.79 Å². The molecule has 0 saturated heterocycles. The Morgan fingerprint density at radius 1 is 1.00 bits per heavy atom. The number of benzene rings is 2. The molecule has 0 spiro atoms. The van der Waals surface area contributed by atoms with Crippen LogP contribution in [0.3, 0.4) is 0 Å². The van der Waals surface area contributed by atoms with Crippen molar-refractivity contribution in [1.82, 2.24) is 20.4 Å². The molecule has 9 nitrogen and oxygen atoms in total.